The molecule has 1 amide bonds. The maximum absolute atomic E-state index is 12.0. The molecule has 0 aliphatic heterocycles. The Morgan fingerprint density at radius 1 is 1.37 bits per heavy atom. The van der Waals surface area contributed by atoms with E-state index < -0.39 is 0 Å². The summed E-state index contributed by atoms with van der Waals surface area (Å²) in [5, 5.41) is 2.99. The molecule has 98 valence electrons. The molecule has 4 N–H and O–H groups in total. The topological polar surface area (TPSA) is 83.8 Å². The molecule has 1 aliphatic carbocycles. The number of carbonyl (C=O) groups excluding carboxylic acids is 1. The number of carbonyl (C=O) groups is 1. The van der Waals surface area contributed by atoms with Crippen LogP contribution >= 0.6 is 0 Å². The number of rotatable bonds is 3. The summed E-state index contributed by atoms with van der Waals surface area (Å²) in [6.45, 7) is 0. The lowest BCUT2D eigenvalue weighted by atomic mass is 9.85. The largest absolute Gasteiger partial charge is 0.369 e. The molecular formula is C14H16N4O. The third-order valence-electron chi connectivity index (χ3n) is 3.55. The van der Waals surface area contributed by atoms with Gasteiger partial charge in [0.05, 0.1) is 17.6 Å². The van der Waals surface area contributed by atoms with Gasteiger partial charge in [-0.3, -0.25) is 4.79 Å². The van der Waals surface area contributed by atoms with Gasteiger partial charge < -0.3 is 16.0 Å². The van der Waals surface area contributed by atoms with E-state index in [2.05, 4.69) is 15.3 Å². The first-order valence-corrected chi connectivity index (χ1v) is 6.45. The van der Waals surface area contributed by atoms with E-state index in [-0.39, 0.29) is 11.8 Å². The van der Waals surface area contributed by atoms with Gasteiger partial charge in [-0.15, -0.1) is 0 Å². The van der Waals surface area contributed by atoms with Crippen LogP contribution in [0.2, 0.25) is 0 Å². The molecule has 1 aromatic carbocycles. The number of nitrogens with one attached hydrogen (secondary N) is 2. The molecule has 0 saturated heterocycles. The monoisotopic (exact) mass is 256 g/mol. The van der Waals surface area contributed by atoms with Crippen LogP contribution in [-0.2, 0) is 4.79 Å². The van der Waals surface area contributed by atoms with Gasteiger partial charge in [0.15, 0.2) is 5.95 Å². The highest BCUT2D eigenvalue weighted by molar-refractivity contribution is 5.96. The third-order valence-corrected chi connectivity index (χ3v) is 3.55. The summed E-state index contributed by atoms with van der Waals surface area (Å²) in [4.78, 5) is 19.0. The molecule has 1 heterocycles. The summed E-state index contributed by atoms with van der Waals surface area (Å²) in [7, 11) is 0. The van der Waals surface area contributed by atoms with Crippen LogP contribution in [0.4, 0.5) is 11.6 Å². The highest BCUT2D eigenvalue weighted by Crippen LogP contribution is 2.30. The van der Waals surface area contributed by atoms with Crippen molar-refractivity contribution in [1.82, 2.24) is 9.97 Å². The summed E-state index contributed by atoms with van der Waals surface area (Å²) in [5.41, 5.74) is 8.10. The molecule has 0 atom stereocenters. The Hall–Kier alpha value is -2.30. The van der Waals surface area contributed by atoms with E-state index in [0.717, 1.165) is 36.2 Å². The average Bonchev–Trinajstić information content (AvgIpc) is 2.74. The molecule has 1 aliphatic rings. The average molecular weight is 256 g/mol. The second-order valence-electron chi connectivity index (χ2n) is 4.84. The number of hydrogen-bond acceptors (Lipinski definition) is 3. The molecule has 5 heteroatoms. The zero-order valence-corrected chi connectivity index (χ0v) is 10.5. The SMILES string of the molecule is Nc1ncc(-c2ccccc2NC(=O)C2CCC2)[nH]1. The van der Waals surface area contributed by atoms with Crippen LogP contribution < -0.4 is 11.1 Å². The quantitative estimate of drug-likeness (QED) is 0.788. The van der Waals surface area contributed by atoms with Crippen molar-refractivity contribution in [3.05, 3.63) is 30.5 Å². The van der Waals surface area contributed by atoms with E-state index in [9.17, 15) is 4.79 Å². The molecule has 0 spiro atoms. The van der Waals surface area contributed by atoms with Gasteiger partial charge in [-0.2, -0.15) is 0 Å². The highest BCUT2D eigenvalue weighted by Gasteiger charge is 2.25. The van der Waals surface area contributed by atoms with Crippen molar-refractivity contribution in [2.75, 3.05) is 11.1 Å². The molecule has 1 aromatic heterocycles. The van der Waals surface area contributed by atoms with Crippen LogP contribution in [0.3, 0.4) is 0 Å². The predicted molar refractivity (Wildman–Crippen MR) is 74.4 cm³/mol. The Balaban J connectivity index is 1.86. The van der Waals surface area contributed by atoms with Crippen molar-refractivity contribution in [2.45, 2.75) is 19.3 Å². The first kappa shape index (κ1) is 11.8. The van der Waals surface area contributed by atoms with E-state index in [1.54, 1.807) is 6.20 Å². The highest BCUT2D eigenvalue weighted by atomic mass is 16.1. The van der Waals surface area contributed by atoms with Crippen molar-refractivity contribution < 1.29 is 4.79 Å². The summed E-state index contributed by atoms with van der Waals surface area (Å²) >= 11 is 0. The Morgan fingerprint density at radius 2 is 2.16 bits per heavy atom. The lowest BCUT2D eigenvalue weighted by molar-refractivity contribution is -0.122. The fourth-order valence-electron chi connectivity index (χ4n) is 2.21. The molecule has 19 heavy (non-hydrogen) atoms. The van der Waals surface area contributed by atoms with Crippen molar-refractivity contribution in [1.29, 1.82) is 0 Å². The van der Waals surface area contributed by atoms with E-state index >= 15 is 0 Å². The Morgan fingerprint density at radius 3 is 2.79 bits per heavy atom. The van der Waals surface area contributed by atoms with E-state index in [0.29, 0.717) is 5.95 Å². The molecule has 1 saturated carbocycles. The van der Waals surface area contributed by atoms with Crippen molar-refractivity contribution >= 4 is 17.5 Å². The molecule has 0 bridgehead atoms. The minimum Gasteiger partial charge on any atom is -0.369 e. The number of nitrogens with two attached hydrogens (primary N) is 1. The van der Waals surface area contributed by atoms with Crippen LogP contribution in [0.1, 0.15) is 19.3 Å². The first-order valence-electron chi connectivity index (χ1n) is 6.45. The van der Waals surface area contributed by atoms with Gasteiger partial charge >= 0.3 is 0 Å². The number of nitrogens with zero attached hydrogens (tertiary/aromatic N) is 1. The molecule has 5 nitrogen and oxygen atoms in total. The second kappa shape index (κ2) is 4.76. The summed E-state index contributed by atoms with van der Waals surface area (Å²) in [6, 6.07) is 7.65. The van der Waals surface area contributed by atoms with Crippen LogP contribution in [0.15, 0.2) is 30.5 Å². The number of hydrogen-bond donors (Lipinski definition) is 3. The number of benzene rings is 1. The third kappa shape index (κ3) is 2.31. The van der Waals surface area contributed by atoms with Crippen LogP contribution in [0, 0.1) is 5.92 Å². The summed E-state index contributed by atoms with van der Waals surface area (Å²) in [6.07, 6.45) is 4.80. The zero-order valence-electron chi connectivity index (χ0n) is 10.5. The van der Waals surface area contributed by atoms with Gasteiger partial charge in [-0.1, -0.05) is 24.6 Å². The lowest BCUT2D eigenvalue weighted by Crippen LogP contribution is -2.28. The van der Waals surface area contributed by atoms with Gasteiger partial charge in [0, 0.05) is 11.5 Å². The molecule has 0 radical (unpaired) electrons. The van der Waals surface area contributed by atoms with Crippen molar-refractivity contribution in [2.24, 2.45) is 5.92 Å². The smallest absolute Gasteiger partial charge is 0.227 e. The van der Waals surface area contributed by atoms with Crippen LogP contribution in [-0.4, -0.2) is 15.9 Å². The molecule has 1 fully saturated rings. The van der Waals surface area contributed by atoms with Crippen LogP contribution in [0.25, 0.3) is 11.3 Å². The van der Waals surface area contributed by atoms with Crippen LogP contribution in [0.5, 0.6) is 0 Å². The first-order chi connectivity index (χ1) is 9.24. The molecular weight excluding hydrogens is 240 g/mol. The van der Waals surface area contributed by atoms with Gasteiger partial charge in [-0.25, -0.2) is 4.98 Å². The molecule has 3 rings (SSSR count). The number of imidazole rings is 1. The Kier molecular flexibility index (Phi) is 2.95. The number of nitrogen functional groups attached to an aromatic ring is 1. The minimum atomic E-state index is 0.103. The number of aromatic nitrogens is 2. The normalized spacial score (nSPS) is 14.9. The van der Waals surface area contributed by atoms with Crippen molar-refractivity contribution in [3.63, 3.8) is 0 Å². The van der Waals surface area contributed by atoms with Gasteiger partial charge in [0.25, 0.3) is 0 Å². The van der Waals surface area contributed by atoms with Crippen molar-refractivity contribution in [3.8, 4) is 11.3 Å². The van der Waals surface area contributed by atoms with Gasteiger partial charge in [0.1, 0.15) is 0 Å². The molecule has 0 unspecified atom stereocenters. The van der Waals surface area contributed by atoms with E-state index in [1.807, 2.05) is 24.3 Å². The summed E-state index contributed by atoms with van der Waals surface area (Å²) < 4.78 is 0. The number of aromatic amines is 1. The number of para-hydroxylation sites is 1. The van der Waals surface area contributed by atoms with Gasteiger partial charge in [-0.05, 0) is 18.9 Å². The zero-order chi connectivity index (χ0) is 13.2. The number of amides is 1. The minimum absolute atomic E-state index is 0.103. The Bertz CT molecular complexity index is 601. The number of anilines is 2. The fourth-order valence-corrected chi connectivity index (χ4v) is 2.21. The molecule has 2 aromatic rings. The van der Waals surface area contributed by atoms with Gasteiger partial charge in [0.2, 0.25) is 5.91 Å². The Labute approximate surface area is 111 Å². The predicted octanol–water partition coefficient (Wildman–Crippen LogP) is 2.40. The maximum atomic E-state index is 12.0. The van der Waals surface area contributed by atoms with E-state index in [4.69, 9.17) is 5.73 Å². The standard InChI is InChI=1S/C14H16N4O/c15-14-16-8-12(18-14)10-6-1-2-7-11(10)17-13(19)9-4-3-5-9/h1-2,6-9H,3-5H2,(H,17,19)(H3,15,16,18). The summed E-state index contributed by atoms with van der Waals surface area (Å²) in [5.74, 6) is 0.640. The maximum Gasteiger partial charge on any atom is 0.227 e. The second-order valence-corrected chi connectivity index (χ2v) is 4.84. The fraction of sp³-hybridized carbons (Fsp3) is 0.286. The number of H-pyrrole nitrogens is 1. The van der Waals surface area contributed by atoms with E-state index in [1.165, 1.54) is 0 Å². The lowest BCUT2D eigenvalue weighted by Gasteiger charge is -2.24.